The highest BCUT2D eigenvalue weighted by Crippen LogP contribution is 2.05. The van der Waals surface area contributed by atoms with Gasteiger partial charge in [0.2, 0.25) is 5.91 Å². The number of carbonyl (C=O) groups excluding carboxylic acids is 1. The number of hydrogen-bond acceptors (Lipinski definition) is 3. The van der Waals surface area contributed by atoms with E-state index in [1.807, 2.05) is 0 Å². The fourth-order valence-electron chi connectivity index (χ4n) is 1.47. The molecular formula is C9H18N2O2. The van der Waals surface area contributed by atoms with Crippen molar-refractivity contribution in [3.05, 3.63) is 0 Å². The summed E-state index contributed by atoms with van der Waals surface area (Å²) in [4.78, 5) is 11.4. The second-order valence-electron chi connectivity index (χ2n) is 3.63. The Bertz CT molecular complexity index is 184. The number of amides is 1. The summed E-state index contributed by atoms with van der Waals surface area (Å²) in [7, 11) is 1.54. The summed E-state index contributed by atoms with van der Waals surface area (Å²) in [6, 6.07) is 0.767. The molecule has 1 saturated heterocycles. The van der Waals surface area contributed by atoms with E-state index in [9.17, 15) is 4.79 Å². The Hall–Kier alpha value is -0.610. The van der Waals surface area contributed by atoms with Crippen LogP contribution >= 0.6 is 0 Å². The summed E-state index contributed by atoms with van der Waals surface area (Å²) in [5.41, 5.74) is 0. The Morgan fingerprint density at radius 1 is 1.69 bits per heavy atom. The van der Waals surface area contributed by atoms with Crippen LogP contribution in [0.3, 0.4) is 0 Å². The molecule has 0 aromatic heterocycles. The lowest BCUT2D eigenvalue weighted by molar-refractivity contribution is -0.130. The summed E-state index contributed by atoms with van der Waals surface area (Å²) in [5.74, 6) is -0.0246. The molecular weight excluding hydrogens is 168 g/mol. The summed E-state index contributed by atoms with van der Waals surface area (Å²) in [6.45, 7) is 4.73. The lowest BCUT2D eigenvalue weighted by Gasteiger charge is -2.14. The molecule has 4 nitrogen and oxygen atoms in total. The van der Waals surface area contributed by atoms with E-state index >= 15 is 0 Å². The second kappa shape index (κ2) is 4.58. The molecule has 1 aliphatic heterocycles. The van der Waals surface area contributed by atoms with Gasteiger partial charge in [-0.25, -0.2) is 0 Å². The largest absolute Gasteiger partial charge is 0.372 e. The molecule has 0 saturated carbocycles. The fraction of sp³-hybridized carbons (Fsp3) is 0.889. The minimum Gasteiger partial charge on any atom is -0.372 e. The molecule has 0 aromatic carbocycles. The van der Waals surface area contributed by atoms with Crippen LogP contribution in [0.25, 0.3) is 0 Å². The number of hydrogen-bond donors (Lipinski definition) is 2. The van der Waals surface area contributed by atoms with Gasteiger partial charge in [0.1, 0.15) is 6.10 Å². The van der Waals surface area contributed by atoms with Gasteiger partial charge in [0.15, 0.2) is 0 Å². The zero-order valence-corrected chi connectivity index (χ0v) is 8.46. The van der Waals surface area contributed by atoms with Crippen molar-refractivity contribution >= 4 is 5.91 Å². The molecule has 0 bridgehead atoms. The molecule has 3 unspecified atom stereocenters. The Balaban J connectivity index is 2.28. The fourth-order valence-corrected chi connectivity index (χ4v) is 1.47. The lowest BCUT2D eigenvalue weighted by Crippen LogP contribution is -2.41. The molecule has 1 rings (SSSR count). The van der Waals surface area contributed by atoms with Crippen molar-refractivity contribution in [2.45, 2.75) is 38.5 Å². The van der Waals surface area contributed by atoms with E-state index in [1.54, 1.807) is 14.0 Å². The molecule has 1 fully saturated rings. The third kappa shape index (κ3) is 2.97. The summed E-state index contributed by atoms with van der Waals surface area (Å²) < 4.78 is 4.92. The van der Waals surface area contributed by atoms with E-state index in [-0.39, 0.29) is 18.1 Å². The van der Waals surface area contributed by atoms with E-state index in [0.29, 0.717) is 6.04 Å². The Morgan fingerprint density at radius 2 is 2.38 bits per heavy atom. The minimum atomic E-state index is -0.351. The second-order valence-corrected chi connectivity index (χ2v) is 3.63. The molecule has 0 aliphatic carbocycles. The molecule has 0 aromatic rings. The van der Waals surface area contributed by atoms with Crippen molar-refractivity contribution in [1.29, 1.82) is 0 Å². The number of nitrogens with one attached hydrogen (secondary N) is 2. The van der Waals surface area contributed by atoms with Gasteiger partial charge in [-0.05, 0) is 20.3 Å². The van der Waals surface area contributed by atoms with Crippen LogP contribution in [0, 0.1) is 0 Å². The average molecular weight is 186 g/mol. The number of methoxy groups -OCH3 is 1. The van der Waals surface area contributed by atoms with Gasteiger partial charge in [-0.3, -0.25) is 4.79 Å². The van der Waals surface area contributed by atoms with Crippen molar-refractivity contribution in [1.82, 2.24) is 10.6 Å². The van der Waals surface area contributed by atoms with E-state index in [2.05, 4.69) is 17.6 Å². The third-order valence-corrected chi connectivity index (χ3v) is 2.42. The molecule has 0 spiro atoms. The third-order valence-electron chi connectivity index (χ3n) is 2.42. The van der Waals surface area contributed by atoms with Crippen LogP contribution in [-0.4, -0.2) is 37.7 Å². The number of ether oxygens (including phenoxy) is 1. The number of rotatable bonds is 3. The summed E-state index contributed by atoms with van der Waals surface area (Å²) in [5, 5.41) is 6.21. The first-order valence-corrected chi connectivity index (χ1v) is 4.70. The van der Waals surface area contributed by atoms with Crippen molar-refractivity contribution in [3.8, 4) is 0 Å². The van der Waals surface area contributed by atoms with Crippen molar-refractivity contribution in [3.63, 3.8) is 0 Å². The molecule has 1 aliphatic rings. The van der Waals surface area contributed by atoms with Gasteiger partial charge in [0.05, 0.1) is 0 Å². The Kier molecular flexibility index (Phi) is 3.69. The highest BCUT2D eigenvalue weighted by molar-refractivity contribution is 5.80. The quantitative estimate of drug-likeness (QED) is 0.646. The standard InChI is InChI=1S/C9H18N2O2/c1-6-4-8(5-10-6)11-9(12)7(2)13-3/h6-8,10H,4-5H2,1-3H3,(H,11,12). The molecule has 76 valence electrons. The molecule has 0 radical (unpaired) electrons. The van der Waals surface area contributed by atoms with Crippen LogP contribution in [0.4, 0.5) is 0 Å². The van der Waals surface area contributed by atoms with Gasteiger partial charge in [-0.2, -0.15) is 0 Å². The van der Waals surface area contributed by atoms with Gasteiger partial charge >= 0.3 is 0 Å². The van der Waals surface area contributed by atoms with E-state index in [4.69, 9.17) is 4.74 Å². The predicted octanol–water partition coefficient (Wildman–Crippen LogP) is -0.112. The monoisotopic (exact) mass is 186 g/mol. The van der Waals surface area contributed by atoms with Crippen molar-refractivity contribution in [2.75, 3.05) is 13.7 Å². The topological polar surface area (TPSA) is 50.4 Å². The summed E-state index contributed by atoms with van der Waals surface area (Å²) in [6.07, 6.45) is 0.651. The van der Waals surface area contributed by atoms with E-state index in [0.717, 1.165) is 13.0 Å². The molecule has 3 atom stereocenters. The van der Waals surface area contributed by atoms with Crippen LogP contribution < -0.4 is 10.6 Å². The predicted molar refractivity (Wildman–Crippen MR) is 50.5 cm³/mol. The molecule has 1 heterocycles. The normalized spacial score (nSPS) is 30.1. The lowest BCUT2D eigenvalue weighted by atomic mass is 10.2. The molecule has 2 N–H and O–H groups in total. The van der Waals surface area contributed by atoms with Crippen molar-refractivity contribution < 1.29 is 9.53 Å². The first kappa shape index (κ1) is 10.5. The zero-order valence-electron chi connectivity index (χ0n) is 8.46. The van der Waals surface area contributed by atoms with E-state index in [1.165, 1.54) is 0 Å². The average Bonchev–Trinajstić information content (AvgIpc) is 2.49. The van der Waals surface area contributed by atoms with Gasteiger partial charge in [0.25, 0.3) is 0 Å². The maximum atomic E-state index is 11.4. The molecule has 13 heavy (non-hydrogen) atoms. The van der Waals surface area contributed by atoms with Crippen LogP contribution in [0.2, 0.25) is 0 Å². The van der Waals surface area contributed by atoms with Gasteiger partial charge in [-0.15, -0.1) is 0 Å². The Morgan fingerprint density at radius 3 is 2.85 bits per heavy atom. The van der Waals surface area contributed by atoms with Gasteiger partial charge in [-0.1, -0.05) is 0 Å². The van der Waals surface area contributed by atoms with E-state index < -0.39 is 0 Å². The first-order chi connectivity index (χ1) is 6.13. The van der Waals surface area contributed by atoms with Crippen LogP contribution in [-0.2, 0) is 9.53 Å². The van der Waals surface area contributed by atoms with Crippen LogP contribution in [0.5, 0.6) is 0 Å². The highest BCUT2D eigenvalue weighted by atomic mass is 16.5. The van der Waals surface area contributed by atoms with Crippen LogP contribution in [0.1, 0.15) is 20.3 Å². The maximum absolute atomic E-state index is 11.4. The first-order valence-electron chi connectivity index (χ1n) is 4.70. The van der Waals surface area contributed by atoms with Gasteiger partial charge in [0, 0.05) is 25.7 Å². The zero-order chi connectivity index (χ0) is 9.84. The Labute approximate surface area is 79.0 Å². The highest BCUT2D eigenvalue weighted by Gasteiger charge is 2.23. The van der Waals surface area contributed by atoms with Gasteiger partial charge < -0.3 is 15.4 Å². The molecule has 1 amide bonds. The van der Waals surface area contributed by atoms with Crippen molar-refractivity contribution in [2.24, 2.45) is 0 Å². The maximum Gasteiger partial charge on any atom is 0.249 e. The summed E-state index contributed by atoms with van der Waals surface area (Å²) >= 11 is 0. The smallest absolute Gasteiger partial charge is 0.249 e. The minimum absolute atomic E-state index is 0.0246. The number of carbonyl (C=O) groups is 1. The van der Waals surface area contributed by atoms with Crippen LogP contribution in [0.15, 0.2) is 0 Å². The molecule has 4 heteroatoms. The SMILES string of the molecule is COC(C)C(=O)NC1CNC(C)C1.